The number of anilines is 1. The second kappa shape index (κ2) is 5.70. The van der Waals surface area contributed by atoms with Crippen molar-refractivity contribution in [2.75, 3.05) is 5.32 Å². The number of carbonyl (C=O) groups excluding carboxylic acids is 1. The van der Waals surface area contributed by atoms with Gasteiger partial charge in [0.15, 0.2) is 5.84 Å². The van der Waals surface area contributed by atoms with Crippen molar-refractivity contribution in [3.05, 3.63) is 51.5 Å². The second-order valence-corrected chi connectivity index (χ2v) is 4.84. The van der Waals surface area contributed by atoms with Crippen LogP contribution in [0.2, 0.25) is 0 Å². The number of amides is 1. The van der Waals surface area contributed by atoms with Gasteiger partial charge in [0.1, 0.15) is 5.82 Å². The lowest BCUT2D eigenvalue weighted by atomic mass is 10.1. The minimum atomic E-state index is -0.545. The van der Waals surface area contributed by atoms with Gasteiger partial charge in [-0.05, 0) is 36.1 Å². The zero-order valence-corrected chi connectivity index (χ0v) is 11.4. The fourth-order valence-electron chi connectivity index (χ4n) is 1.67. The Balaban J connectivity index is 2.35. The fourth-order valence-corrected chi connectivity index (χ4v) is 2.50. The smallest absolute Gasteiger partial charge is 0.256 e. The Bertz CT molecular complexity index is 682. The van der Waals surface area contributed by atoms with E-state index in [2.05, 4.69) is 10.5 Å². The van der Waals surface area contributed by atoms with Crippen LogP contribution in [0.4, 0.5) is 10.1 Å². The minimum Gasteiger partial charge on any atom is -0.409 e. The third-order valence-electron chi connectivity index (χ3n) is 2.71. The van der Waals surface area contributed by atoms with Crippen molar-refractivity contribution in [3.63, 3.8) is 0 Å². The van der Waals surface area contributed by atoms with Crippen LogP contribution >= 0.6 is 11.3 Å². The zero-order valence-electron chi connectivity index (χ0n) is 10.6. The van der Waals surface area contributed by atoms with E-state index < -0.39 is 5.82 Å². The molecule has 0 aliphatic carbocycles. The molecule has 1 aromatic heterocycles. The molecule has 1 aromatic carbocycles. The first-order chi connectivity index (χ1) is 9.52. The molecule has 1 heterocycles. The number of oxime groups is 1. The summed E-state index contributed by atoms with van der Waals surface area (Å²) in [5.41, 5.74) is 7.25. The summed E-state index contributed by atoms with van der Waals surface area (Å²) < 4.78 is 13.2. The number of thiophene rings is 1. The summed E-state index contributed by atoms with van der Waals surface area (Å²) in [5.74, 6) is -1.15. The monoisotopic (exact) mass is 293 g/mol. The van der Waals surface area contributed by atoms with Crippen molar-refractivity contribution in [2.45, 2.75) is 6.92 Å². The van der Waals surface area contributed by atoms with Crippen molar-refractivity contribution < 1.29 is 14.4 Å². The van der Waals surface area contributed by atoms with Gasteiger partial charge in [0.05, 0.1) is 11.3 Å². The average Bonchev–Trinajstić information content (AvgIpc) is 2.86. The number of carbonyl (C=O) groups is 1. The van der Waals surface area contributed by atoms with Crippen molar-refractivity contribution in [3.8, 4) is 0 Å². The van der Waals surface area contributed by atoms with E-state index in [0.29, 0.717) is 5.56 Å². The summed E-state index contributed by atoms with van der Waals surface area (Å²) in [4.78, 5) is 12.1. The van der Waals surface area contributed by atoms with Crippen molar-refractivity contribution in [2.24, 2.45) is 10.9 Å². The van der Waals surface area contributed by atoms with E-state index in [1.54, 1.807) is 5.38 Å². The fraction of sp³-hybridized carbons (Fsp3) is 0.0769. The lowest BCUT2D eigenvalue weighted by Gasteiger charge is -2.10. The second-order valence-electron chi connectivity index (χ2n) is 4.10. The van der Waals surface area contributed by atoms with Gasteiger partial charge in [0.2, 0.25) is 0 Å². The number of hydrogen-bond donors (Lipinski definition) is 3. The van der Waals surface area contributed by atoms with E-state index in [0.717, 1.165) is 11.6 Å². The topological polar surface area (TPSA) is 87.7 Å². The summed E-state index contributed by atoms with van der Waals surface area (Å²) in [5, 5.41) is 17.7. The van der Waals surface area contributed by atoms with E-state index in [1.165, 1.54) is 23.5 Å². The Morgan fingerprint density at radius 3 is 2.75 bits per heavy atom. The number of nitrogens with two attached hydrogens (primary N) is 1. The summed E-state index contributed by atoms with van der Waals surface area (Å²) >= 11 is 1.41. The molecule has 0 saturated heterocycles. The van der Waals surface area contributed by atoms with Crippen LogP contribution in [0.25, 0.3) is 0 Å². The van der Waals surface area contributed by atoms with Gasteiger partial charge < -0.3 is 16.3 Å². The van der Waals surface area contributed by atoms with Crippen LogP contribution in [0.1, 0.15) is 21.5 Å². The molecule has 0 radical (unpaired) electrons. The molecule has 0 unspecified atom stereocenters. The Labute approximate surface area is 118 Å². The number of nitrogens with one attached hydrogen (secondary N) is 1. The van der Waals surface area contributed by atoms with Crippen LogP contribution in [0.15, 0.2) is 34.1 Å². The van der Waals surface area contributed by atoms with Gasteiger partial charge in [-0.2, -0.15) is 11.3 Å². The summed E-state index contributed by atoms with van der Waals surface area (Å²) in [6.07, 6.45) is 0. The van der Waals surface area contributed by atoms with E-state index in [4.69, 9.17) is 10.9 Å². The standard InChI is InChI=1S/C13H12FN3O2S/c1-7-5-20-6-10(7)13(18)16-11-3-2-8(14)4-9(11)12(15)17-19/h2-6,19H,1H3,(H2,15,17)(H,16,18). The predicted molar refractivity (Wildman–Crippen MR) is 75.9 cm³/mol. The number of benzene rings is 1. The Hall–Kier alpha value is -2.41. The molecule has 104 valence electrons. The number of hydrogen-bond acceptors (Lipinski definition) is 4. The summed E-state index contributed by atoms with van der Waals surface area (Å²) in [6.45, 7) is 1.82. The van der Waals surface area contributed by atoms with E-state index >= 15 is 0 Å². The molecule has 20 heavy (non-hydrogen) atoms. The van der Waals surface area contributed by atoms with Crippen LogP contribution in [0, 0.1) is 12.7 Å². The molecule has 0 bridgehead atoms. The lowest BCUT2D eigenvalue weighted by molar-refractivity contribution is 0.102. The highest BCUT2D eigenvalue weighted by molar-refractivity contribution is 7.08. The summed E-state index contributed by atoms with van der Waals surface area (Å²) in [6, 6.07) is 3.64. The molecule has 5 nitrogen and oxygen atoms in total. The maximum absolute atomic E-state index is 13.2. The van der Waals surface area contributed by atoms with Gasteiger partial charge >= 0.3 is 0 Å². The van der Waals surface area contributed by atoms with Gasteiger partial charge in [0, 0.05) is 10.9 Å². The maximum Gasteiger partial charge on any atom is 0.256 e. The van der Waals surface area contributed by atoms with E-state index in [-0.39, 0.29) is 23.0 Å². The molecule has 2 rings (SSSR count). The predicted octanol–water partition coefficient (Wildman–Crippen LogP) is 2.54. The summed E-state index contributed by atoms with van der Waals surface area (Å²) in [7, 11) is 0. The molecular weight excluding hydrogens is 281 g/mol. The molecule has 2 aromatic rings. The van der Waals surface area contributed by atoms with Crippen LogP contribution in [-0.4, -0.2) is 17.0 Å². The molecule has 7 heteroatoms. The number of aryl methyl sites for hydroxylation is 1. The van der Waals surface area contributed by atoms with Crippen molar-refractivity contribution in [1.82, 2.24) is 0 Å². The molecule has 0 saturated carbocycles. The van der Waals surface area contributed by atoms with Gasteiger partial charge in [-0.3, -0.25) is 4.79 Å². The number of halogens is 1. The molecule has 1 amide bonds. The zero-order chi connectivity index (χ0) is 14.7. The normalized spacial score (nSPS) is 11.4. The van der Waals surface area contributed by atoms with Crippen LogP contribution in [-0.2, 0) is 0 Å². The molecule has 0 aliphatic rings. The van der Waals surface area contributed by atoms with Crippen LogP contribution in [0.5, 0.6) is 0 Å². The first kappa shape index (κ1) is 14.0. The van der Waals surface area contributed by atoms with Gasteiger partial charge in [-0.25, -0.2) is 4.39 Å². The molecular formula is C13H12FN3O2S. The highest BCUT2D eigenvalue weighted by Crippen LogP contribution is 2.20. The Kier molecular flexibility index (Phi) is 3.99. The number of rotatable bonds is 3. The number of amidine groups is 1. The van der Waals surface area contributed by atoms with Gasteiger partial charge in [-0.1, -0.05) is 5.16 Å². The Morgan fingerprint density at radius 1 is 1.40 bits per heavy atom. The molecule has 0 spiro atoms. The molecule has 4 N–H and O–H groups in total. The van der Waals surface area contributed by atoms with Crippen molar-refractivity contribution >= 4 is 28.8 Å². The van der Waals surface area contributed by atoms with Gasteiger partial charge in [-0.15, -0.1) is 0 Å². The minimum absolute atomic E-state index is 0.119. The largest absolute Gasteiger partial charge is 0.409 e. The first-order valence-corrected chi connectivity index (χ1v) is 6.58. The molecule has 0 atom stereocenters. The van der Waals surface area contributed by atoms with Crippen LogP contribution in [0.3, 0.4) is 0 Å². The maximum atomic E-state index is 13.2. The van der Waals surface area contributed by atoms with E-state index in [9.17, 15) is 9.18 Å². The quantitative estimate of drug-likeness (QED) is 0.352. The lowest BCUT2D eigenvalue weighted by Crippen LogP contribution is -2.19. The van der Waals surface area contributed by atoms with E-state index in [1.807, 2.05) is 12.3 Å². The molecule has 0 fully saturated rings. The van der Waals surface area contributed by atoms with Gasteiger partial charge in [0.25, 0.3) is 5.91 Å². The van der Waals surface area contributed by atoms with Crippen LogP contribution < -0.4 is 11.1 Å². The SMILES string of the molecule is Cc1cscc1C(=O)Nc1ccc(F)cc1/C(N)=N/O. The Morgan fingerprint density at radius 2 is 2.15 bits per heavy atom. The third-order valence-corrected chi connectivity index (χ3v) is 3.58. The number of nitrogens with zero attached hydrogens (tertiary/aromatic N) is 1. The highest BCUT2D eigenvalue weighted by Gasteiger charge is 2.14. The first-order valence-electron chi connectivity index (χ1n) is 5.64. The third kappa shape index (κ3) is 2.77. The molecule has 0 aliphatic heterocycles. The average molecular weight is 293 g/mol. The highest BCUT2D eigenvalue weighted by atomic mass is 32.1. The van der Waals surface area contributed by atoms with Crippen molar-refractivity contribution in [1.29, 1.82) is 0 Å².